The molecule has 1 heterocycles. The van der Waals surface area contributed by atoms with E-state index in [9.17, 15) is 9.59 Å². The highest BCUT2D eigenvalue weighted by Gasteiger charge is 2.17. The zero-order valence-corrected chi connectivity index (χ0v) is 19.1. The number of halogens is 1. The predicted octanol–water partition coefficient (Wildman–Crippen LogP) is 2.72. The van der Waals surface area contributed by atoms with Crippen LogP contribution >= 0.6 is 24.0 Å². The van der Waals surface area contributed by atoms with E-state index >= 15 is 0 Å². The van der Waals surface area contributed by atoms with Crippen LogP contribution in [0.15, 0.2) is 29.3 Å². The van der Waals surface area contributed by atoms with Crippen molar-refractivity contribution in [1.29, 1.82) is 0 Å². The fourth-order valence-electron chi connectivity index (χ4n) is 2.95. The second kappa shape index (κ2) is 13.4. The molecule has 1 aliphatic rings. The monoisotopic (exact) mass is 501 g/mol. The van der Waals surface area contributed by atoms with E-state index in [0.717, 1.165) is 50.1 Å². The number of likely N-dealkylation sites (tertiary alicyclic amines) is 1. The zero-order valence-electron chi connectivity index (χ0n) is 16.8. The lowest BCUT2D eigenvalue weighted by Gasteiger charge is -2.17. The van der Waals surface area contributed by atoms with Crippen molar-refractivity contribution in [1.82, 2.24) is 15.5 Å². The molecular formula is C20H32IN5O2. The standard InChI is InChI=1S/C20H31N5O2.HI/c1-3-8-18(26)24-17-10-7-9-16(13-17)14-22-20(21-4-2)23-15-19(27)25-11-5-6-12-25;/h7,9-10,13H,3-6,8,11-12,14-15H2,1-2H3,(H,24,26)(H2,21,22,23);1H. The highest BCUT2D eigenvalue weighted by Crippen LogP contribution is 2.12. The lowest BCUT2D eigenvalue weighted by atomic mass is 10.2. The van der Waals surface area contributed by atoms with Gasteiger partial charge in [-0.05, 0) is 43.9 Å². The van der Waals surface area contributed by atoms with E-state index < -0.39 is 0 Å². The molecular weight excluding hydrogens is 469 g/mol. The largest absolute Gasteiger partial charge is 0.357 e. The molecule has 1 aliphatic heterocycles. The third-order valence-electron chi connectivity index (χ3n) is 4.32. The van der Waals surface area contributed by atoms with Crippen molar-refractivity contribution in [3.8, 4) is 0 Å². The number of anilines is 1. The Bertz CT molecular complexity index is 660. The van der Waals surface area contributed by atoms with Gasteiger partial charge in [0.25, 0.3) is 0 Å². The molecule has 0 radical (unpaired) electrons. The van der Waals surface area contributed by atoms with Crippen LogP contribution in [0.2, 0.25) is 0 Å². The van der Waals surface area contributed by atoms with Gasteiger partial charge in [-0.25, -0.2) is 4.99 Å². The van der Waals surface area contributed by atoms with Crippen molar-refractivity contribution in [2.45, 2.75) is 46.1 Å². The fraction of sp³-hybridized carbons (Fsp3) is 0.550. The molecule has 3 N–H and O–H groups in total. The summed E-state index contributed by atoms with van der Waals surface area (Å²) in [5, 5.41) is 9.17. The van der Waals surface area contributed by atoms with Gasteiger partial charge in [0, 0.05) is 31.7 Å². The first-order chi connectivity index (χ1) is 13.1. The highest BCUT2D eigenvalue weighted by atomic mass is 127. The maximum atomic E-state index is 12.2. The SMILES string of the molecule is CCCC(=O)Nc1cccc(CN=C(NCC)NCC(=O)N2CCCC2)c1.I. The van der Waals surface area contributed by atoms with E-state index in [1.165, 1.54) is 0 Å². The minimum atomic E-state index is 0. The molecule has 0 bridgehead atoms. The molecule has 1 aromatic rings. The van der Waals surface area contributed by atoms with Gasteiger partial charge in [0.05, 0.1) is 13.1 Å². The Hall–Kier alpha value is -1.84. The average molecular weight is 501 g/mol. The molecule has 0 spiro atoms. The minimum Gasteiger partial charge on any atom is -0.357 e. The van der Waals surface area contributed by atoms with E-state index in [4.69, 9.17) is 0 Å². The normalized spacial score (nSPS) is 13.6. The molecule has 156 valence electrons. The lowest BCUT2D eigenvalue weighted by molar-refractivity contribution is -0.128. The van der Waals surface area contributed by atoms with Crippen LogP contribution < -0.4 is 16.0 Å². The van der Waals surface area contributed by atoms with Crippen LogP contribution in [0.25, 0.3) is 0 Å². The van der Waals surface area contributed by atoms with Crippen molar-refractivity contribution in [3.05, 3.63) is 29.8 Å². The smallest absolute Gasteiger partial charge is 0.241 e. The lowest BCUT2D eigenvalue weighted by Crippen LogP contribution is -2.44. The van der Waals surface area contributed by atoms with Crippen LogP contribution in [0.4, 0.5) is 5.69 Å². The van der Waals surface area contributed by atoms with Gasteiger partial charge in [-0.3, -0.25) is 9.59 Å². The van der Waals surface area contributed by atoms with E-state index in [1.807, 2.05) is 43.0 Å². The number of aliphatic imine (C=N–C) groups is 1. The molecule has 7 nitrogen and oxygen atoms in total. The number of amides is 2. The van der Waals surface area contributed by atoms with Gasteiger partial charge in [0.15, 0.2) is 5.96 Å². The maximum Gasteiger partial charge on any atom is 0.241 e. The molecule has 1 aromatic carbocycles. The Morgan fingerprint density at radius 1 is 1.14 bits per heavy atom. The summed E-state index contributed by atoms with van der Waals surface area (Å²) in [5.41, 5.74) is 1.77. The Morgan fingerprint density at radius 3 is 2.57 bits per heavy atom. The summed E-state index contributed by atoms with van der Waals surface area (Å²) < 4.78 is 0. The van der Waals surface area contributed by atoms with Gasteiger partial charge in [-0.15, -0.1) is 24.0 Å². The molecule has 0 saturated carbocycles. The number of nitrogens with zero attached hydrogens (tertiary/aromatic N) is 2. The number of carbonyl (C=O) groups excluding carboxylic acids is 2. The Kier molecular flexibility index (Phi) is 11.5. The van der Waals surface area contributed by atoms with E-state index in [-0.39, 0.29) is 42.3 Å². The van der Waals surface area contributed by atoms with Crippen molar-refractivity contribution >= 4 is 47.4 Å². The second-order valence-corrected chi connectivity index (χ2v) is 6.64. The molecule has 28 heavy (non-hydrogen) atoms. The van der Waals surface area contributed by atoms with Crippen molar-refractivity contribution in [2.24, 2.45) is 4.99 Å². The van der Waals surface area contributed by atoms with E-state index in [1.54, 1.807) is 0 Å². The Labute approximate surface area is 184 Å². The van der Waals surface area contributed by atoms with Crippen LogP contribution in [0.5, 0.6) is 0 Å². The van der Waals surface area contributed by atoms with Crippen LogP contribution in [0.1, 0.15) is 45.1 Å². The van der Waals surface area contributed by atoms with Gasteiger partial charge >= 0.3 is 0 Å². The van der Waals surface area contributed by atoms with Crippen molar-refractivity contribution in [2.75, 3.05) is 31.5 Å². The summed E-state index contributed by atoms with van der Waals surface area (Å²) in [5.74, 6) is 0.748. The van der Waals surface area contributed by atoms with E-state index in [2.05, 4.69) is 20.9 Å². The van der Waals surface area contributed by atoms with Gasteiger partial charge in [-0.1, -0.05) is 19.1 Å². The summed E-state index contributed by atoms with van der Waals surface area (Å²) in [7, 11) is 0. The Morgan fingerprint density at radius 2 is 1.89 bits per heavy atom. The molecule has 0 atom stereocenters. The number of rotatable bonds is 8. The maximum absolute atomic E-state index is 12.2. The molecule has 8 heteroatoms. The molecule has 2 rings (SSSR count). The fourth-order valence-corrected chi connectivity index (χ4v) is 2.95. The van der Waals surface area contributed by atoms with Crippen LogP contribution in [0.3, 0.4) is 0 Å². The predicted molar refractivity (Wildman–Crippen MR) is 124 cm³/mol. The summed E-state index contributed by atoms with van der Waals surface area (Å²) in [4.78, 5) is 30.3. The average Bonchev–Trinajstić information content (AvgIpc) is 3.19. The topological polar surface area (TPSA) is 85.8 Å². The number of carbonyl (C=O) groups is 2. The summed E-state index contributed by atoms with van der Waals surface area (Å²) in [6.07, 6.45) is 3.52. The number of nitrogens with one attached hydrogen (secondary N) is 3. The van der Waals surface area contributed by atoms with Crippen molar-refractivity contribution < 1.29 is 9.59 Å². The zero-order chi connectivity index (χ0) is 19.5. The molecule has 0 unspecified atom stereocenters. The number of hydrogen-bond acceptors (Lipinski definition) is 3. The molecule has 1 saturated heterocycles. The highest BCUT2D eigenvalue weighted by molar-refractivity contribution is 14.0. The number of hydrogen-bond donors (Lipinski definition) is 3. The summed E-state index contributed by atoms with van der Waals surface area (Å²) in [6.45, 7) is 7.10. The van der Waals surface area contributed by atoms with Gasteiger partial charge in [0.1, 0.15) is 0 Å². The molecule has 0 aromatic heterocycles. The third kappa shape index (κ3) is 8.45. The third-order valence-corrected chi connectivity index (χ3v) is 4.32. The van der Waals surface area contributed by atoms with E-state index in [0.29, 0.717) is 18.9 Å². The quantitative estimate of drug-likeness (QED) is 0.291. The van der Waals surface area contributed by atoms with Crippen LogP contribution in [0, 0.1) is 0 Å². The number of guanidine groups is 1. The summed E-state index contributed by atoms with van der Waals surface area (Å²) >= 11 is 0. The Balaban J connectivity index is 0.00000392. The van der Waals surface area contributed by atoms with Crippen molar-refractivity contribution in [3.63, 3.8) is 0 Å². The second-order valence-electron chi connectivity index (χ2n) is 6.64. The molecule has 1 fully saturated rings. The van der Waals surface area contributed by atoms with Gasteiger partial charge in [-0.2, -0.15) is 0 Å². The van der Waals surface area contributed by atoms with Gasteiger partial charge < -0.3 is 20.9 Å². The summed E-state index contributed by atoms with van der Waals surface area (Å²) in [6, 6.07) is 7.68. The molecule has 0 aliphatic carbocycles. The van der Waals surface area contributed by atoms with Crippen LogP contribution in [-0.4, -0.2) is 48.9 Å². The first-order valence-electron chi connectivity index (χ1n) is 9.81. The van der Waals surface area contributed by atoms with Gasteiger partial charge in [0.2, 0.25) is 11.8 Å². The minimum absolute atomic E-state index is 0. The number of benzene rings is 1. The molecule has 2 amide bonds. The first-order valence-corrected chi connectivity index (χ1v) is 9.81. The van der Waals surface area contributed by atoms with Crippen LogP contribution in [-0.2, 0) is 16.1 Å². The first kappa shape index (κ1) is 24.2.